The maximum absolute atomic E-state index is 13.7. The van der Waals surface area contributed by atoms with Gasteiger partial charge in [-0.1, -0.05) is 11.3 Å². The van der Waals surface area contributed by atoms with Gasteiger partial charge in [0, 0.05) is 5.69 Å². The molecule has 4 rings (SSSR count). The van der Waals surface area contributed by atoms with Crippen LogP contribution in [-0.4, -0.2) is 25.9 Å². The van der Waals surface area contributed by atoms with Crippen molar-refractivity contribution in [1.82, 2.24) is 20.0 Å². The Kier molecular flexibility index (Phi) is 4.53. The van der Waals surface area contributed by atoms with Crippen molar-refractivity contribution >= 4 is 33.1 Å². The number of anilines is 1. The molecule has 4 aromatic rings. The fourth-order valence-electron chi connectivity index (χ4n) is 2.79. The number of thiazole rings is 1. The van der Waals surface area contributed by atoms with E-state index in [9.17, 15) is 22.4 Å². The van der Waals surface area contributed by atoms with E-state index in [1.165, 1.54) is 29.5 Å². The summed E-state index contributed by atoms with van der Waals surface area (Å²) in [6.45, 7) is 1.82. The van der Waals surface area contributed by atoms with Gasteiger partial charge in [-0.2, -0.15) is 13.2 Å². The van der Waals surface area contributed by atoms with Crippen LogP contribution in [0.25, 0.3) is 15.9 Å². The molecule has 11 heteroatoms. The number of halogens is 4. The minimum atomic E-state index is -4.94. The van der Waals surface area contributed by atoms with Crippen molar-refractivity contribution in [2.24, 2.45) is 0 Å². The van der Waals surface area contributed by atoms with Gasteiger partial charge in [-0.15, -0.1) is 16.4 Å². The summed E-state index contributed by atoms with van der Waals surface area (Å²) in [6.07, 6.45) is -4.94. The predicted molar refractivity (Wildman–Crippen MR) is 98.6 cm³/mol. The molecule has 0 bridgehead atoms. The summed E-state index contributed by atoms with van der Waals surface area (Å²) in [5, 5.41) is 10.0. The van der Waals surface area contributed by atoms with Crippen LogP contribution in [0.5, 0.6) is 0 Å². The molecular formula is C18H11F4N5OS. The number of aryl methyl sites for hydroxylation is 1. The van der Waals surface area contributed by atoms with Gasteiger partial charge in [0.05, 0.1) is 20.9 Å². The Morgan fingerprint density at radius 1 is 1.17 bits per heavy atom. The molecule has 0 fully saturated rings. The molecular weight excluding hydrogens is 410 g/mol. The van der Waals surface area contributed by atoms with Gasteiger partial charge in [0.1, 0.15) is 5.82 Å². The Bertz CT molecular complexity index is 1230. The second kappa shape index (κ2) is 6.92. The highest BCUT2D eigenvalue weighted by Gasteiger charge is 2.42. The van der Waals surface area contributed by atoms with Gasteiger partial charge in [0.2, 0.25) is 0 Å². The topological polar surface area (TPSA) is 72.7 Å². The summed E-state index contributed by atoms with van der Waals surface area (Å²) in [7, 11) is 0. The maximum atomic E-state index is 13.7. The molecule has 0 radical (unpaired) electrons. The number of rotatable bonds is 3. The smallest absolute Gasteiger partial charge is 0.320 e. The molecule has 2 aromatic carbocycles. The average molecular weight is 421 g/mol. The van der Waals surface area contributed by atoms with Crippen molar-refractivity contribution in [2.45, 2.75) is 13.1 Å². The van der Waals surface area contributed by atoms with Crippen LogP contribution in [-0.2, 0) is 6.18 Å². The van der Waals surface area contributed by atoms with Crippen LogP contribution in [0, 0.1) is 12.7 Å². The van der Waals surface area contributed by atoms with E-state index in [-0.39, 0.29) is 5.69 Å². The quantitative estimate of drug-likeness (QED) is 0.491. The number of nitrogens with zero attached hydrogens (tertiary/aromatic N) is 4. The van der Waals surface area contributed by atoms with Gasteiger partial charge in [-0.3, -0.25) is 4.79 Å². The number of benzene rings is 2. The Labute approximate surface area is 164 Å². The highest BCUT2D eigenvalue weighted by molar-refractivity contribution is 7.18. The van der Waals surface area contributed by atoms with Crippen molar-refractivity contribution in [1.29, 1.82) is 0 Å². The number of hydrogen-bond donors (Lipinski definition) is 1. The average Bonchev–Trinajstić information content (AvgIpc) is 3.24. The van der Waals surface area contributed by atoms with Gasteiger partial charge in [-0.25, -0.2) is 14.1 Å². The molecule has 1 N–H and O–H groups in total. The highest BCUT2D eigenvalue weighted by Crippen LogP contribution is 2.33. The third-order valence-corrected chi connectivity index (χ3v) is 4.89. The minimum absolute atomic E-state index is 0.203. The van der Waals surface area contributed by atoms with Crippen molar-refractivity contribution < 1.29 is 22.4 Å². The zero-order chi connectivity index (χ0) is 20.8. The van der Waals surface area contributed by atoms with Crippen molar-refractivity contribution in [3.05, 3.63) is 64.7 Å². The molecule has 0 saturated carbocycles. The lowest BCUT2D eigenvalue weighted by Gasteiger charge is -2.11. The molecule has 2 heterocycles. The Hall–Kier alpha value is -3.34. The first-order valence-electron chi connectivity index (χ1n) is 8.20. The molecule has 0 unspecified atom stereocenters. The zero-order valence-electron chi connectivity index (χ0n) is 14.7. The van der Waals surface area contributed by atoms with Crippen LogP contribution in [0.15, 0.2) is 42.5 Å². The Balaban J connectivity index is 1.72. The lowest BCUT2D eigenvalue weighted by Crippen LogP contribution is -2.21. The van der Waals surface area contributed by atoms with Crippen LogP contribution in [0.3, 0.4) is 0 Å². The number of carbonyl (C=O) groups is 1. The molecule has 0 saturated heterocycles. The van der Waals surface area contributed by atoms with E-state index in [0.717, 1.165) is 27.4 Å². The molecule has 0 aliphatic carbocycles. The number of aromatic nitrogens is 4. The highest BCUT2D eigenvalue weighted by atomic mass is 32.1. The molecule has 0 aliphatic heterocycles. The summed E-state index contributed by atoms with van der Waals surface area (Å²) < 4.78 is 55.6. The fourth-order valence-corrected chi connectivity index (χ4v) is 3.65. The van der Waals surface area contributed by atoms with E-state index < -0.39 is 29.3 Å². The van der Waals surface area contributed by atoms with Crippen LogP contribution in [0.4, 0.5) is 23.2 Å². The van der Waals surface area contributed by atoms with E-state index >= 15 is 0 Å². The van der Waals surface area contributed by atoms with Crippen LogP contribution in [0.2, 0.25) is 0 Å². The monoisotopic (exact) mass is 421 g/mol. The molecule has 1 amide bonds. The first-order chi connectivity index (χ1) is 13.7. The molecule has 0 spiro atoms. The molecule has 148 valence electrons. The summed E-state index contributed by atoms with van der Waals surface area (Å²) >= 11 is 1.39. The molecule has 2 aromatic heterocycles. The number of amides is 1. The third-order valence-electron chi connectivity index (χ3n) is 3.96. The predicted octanol–water partition coefficient (Wildman–Crippen LogP) is 4.60. The van der Waals surface area contributed by atoms with Crippen LogP contribution < -0.4 is 5.32 Å². The summed E-state index contributed by atoms with van der Waals surface area (Å²) in [6, 6.07) is 9.21. The number of hydrogen-bond acceptors (Lipinski definition) is 5. The van der Waals surface area contributed by atoms with E-state index in [1.54, 1.807) is 12.1 Å². The van der Waals surface area contributed by atoms with Gasteiger partial charge in [-0.05, 0) is 43.3 Å². The third kappa shape index (κ3) is 3.68. The first-order valence-corrected chi connectivity index (χ1v) is 9.01. The fraction of sp³-hybridized carbons (Fsp3) is 0.111. The Morgan fingerprint density at radius 2 is 1.97 bits per heavy atom. The molecule has 0 atom stereocenters. The van der Waals surface area contributed by atoms with E-state index in [1.807, 2.05) is 6.92 Å². The molecule has 29 heavy (non-hydrogen) atoms. The number of fused-ring (bicyclic) bond motifs is 1. The summed E-state index contributed by atoms with van der Waals surface area (Å²) in [5.74, 6) is -1.83. The van der Waals surface area contributed by atoms with Crippen molar-refractivity contribution in [3.63, 3.8) is 0 Å². The van der Waals surface area contributed by atoms with Crippen molar-refractivity contribution in [3.8, 4) is 5.69 Å². The van der Waals surface area contributed by atoms with E-state index in [4.69, 9.17) is 0 Å². The second-order valence-corrected chi connectivity index (χ2v) is 7.28. The Morgan fingerprint density at radius 3 is 2.69 bits per heavy atom. The van der Waals surface area contributed by atoms with E-state index in [2.05, 4.69) is 20.6 Å². The molecule has 6 nitrogen and oxygen atoms in total. The zero-order valence-corrected chi connectivity index (χ0v) is 15.5. The standard InChI is InChI=1S/C18H11F4N5OS/c1-9-23-13-6-5-11(8-14(13)29-9)24-17(28)15-16(18(20,21)22)27(26-25-15)12-4-2-3-10(19)7-12/h2-8H,1H3,(H,24,28). The number of alkyl halides is 3. The minimum Gasteiger partial charge on any atom is -0.320 e. The largest absolute Gasteiger partial charge is 0.435 e. The number of carbonyl (C=O) groups excluding carboxylic acids is 1. The van der Waals surface area contributed by atoms with E-state index in [0.29, 0.717) is 10.4 Å². The second-order valence-electron chi connectivity index (χ2n) is 6.05. The first kappa shape index (κ1) is 19.0. The molecule has 0 aliphatic rings. The van der Waals surface area contributed by atoms with Gasteiger partial charge in [0.15, 0.2) is 11.4 Å². The normalized spacial score (nSPS) is 11.8. The summed E-state index contributed by atoms with van der Waals surface area (Å²) in [4.78, 5) is 16.8. The number of nitrogens with one attached hydrogen (secondary N) is 1. The van der Waals surface area contributed by atoms with Gasteiger partial charge in [0.25, 0.3) is 5.91 Å². The van der Waals surface area contributed by atoms with Crippen LogP contribution in [0.1, 0.15) is 21.2 Å². The summed E-state index contributed by atoms with van der Waals surface area (Å²) in [5.41, 5.74) is -1.50. The van der Waals surface area contributed by atoms with Gasteiger partial charge < -0.3 is 5.32 Å². The lowest BCUT2D eigenvalue weighted by molar-refractivity contribution is -0.143. The SMILES string of the molecule is Cc1nc2ccc(NC(=O)c3nnn(-c4cccc(F)c4)c3C(F)(F)F)cc2s1. The van der Waals surface area contributed by atoms with Crippen molar-refractivity contribution in [2.75, 3.05) is 5.32 Å². The van der Waals surface area contributed by atoms with Gasteiger partial charge >= 0.3 is 6.18 Å². The maximum Gasteiger partial charge on any atom is 0.435 e. The lowest BCUT2D eigenvalue weighted by atomic mass is 10.2. The van der Waals surface area contributed by atoms with Crippen LogP contribution >= 0.6 is 11.3 Å².